The molecule has 2 rings (SSSR count). The van der Waals surface area contributed by atoms with E-state index in [9.17, 15) is 0 Å². The molecule has 0 bridgehead atoms. The Balaban J connectivity index is 2.34. The van der Waals surface area contributed by atoms with Crippen LogP contribution in [0.2, 0.25) is 0 Å². The first-order valence-corrected chi connectivity index (χ1v) is 6.56. The second-order valence-electron chi connectivity index (χ2n) is 3.27. The summed E-state index contributed by atoms with van der Waals surface area (Å²) in [5.41, 5.74) is 1.17. The van der Waals surface area contributed by atoms with E-state index >= 15 is 0 Å². The van der Waals surface area contributed by atoms with Crippen molar-refractivity contribution in [3.8, 4) is 0 Å². The summed E-state index contributed by atoms with van der Waals surface area (Å²) < 4.78 is 1.12. The van der Waals surface area contributed by atoms with Crippen molar-refractivity contribution in [2.75, 3.05) is 0 Å². The molecule has 0 spiro atoms. The molecule has 0 radical (unpaired) electrons. The first kappa shape index (κ1) is 11.5. The lowest BCUT2D eigenvalue weighted by Crippen LogP contribution is -1.79. The van der Waals surface area contributed by atoms with Gasteiger partial charge in [-0.15, -0.1) is 0 Å². The van der Waals surface area contributed by atoms with Gasteiger partial charge in [0.15, 0.2) is 0 Å². The Morgan fingerprint density at radius 1 is 0.938 bits per heavy atom. The largest absolute Gasteiger partial charge is 0.0984 e. The van der Waals surface area contributed by atoms with Gasteiger partial charge in [0, 0.05) is 14.3 Å². The molecule has 0 aliphatic carbocycles. The molecule has 0 aromatic heterocycles. The highest BCUT2D eigenvalue weighted by molar-refractivity contribution is 9.10. The van der Waals surface area contributed by atoms with Crippen LogP contribution in [-0.2, 0) is 0 Å². The van der Waals surface area contributed by atoms with Crippen LogP contribution in [0.15, 0.2) is 69.4 Å². The van der Waals surface area contributed by atoms with Crippen molar-refractivity contribution < 1.29 is 0 Å². The Morgan fingerprint density at radius 3 is 2.25 bits per heavy atom. The third kappa shape index (κ3) is 2.57. The summed E-state index contributed by atoms with van der Waals surface area (Å²) >= 11 is 5.30. The summed E-state index contributed by atoms with van der Waals surface area (Å²) in [4.78, 5) is 2.45. The molecular formula is C14H11BrS. The lowest BCUT2D eigenvalue weighted by molar-refractivity contribution is 1.36. The average molecular weight is 291 g/mol. The maximum atomic E-state index is 3.83. The van der Waals surface area contributed by atoms with Crippen LogP contribution in [-0.4, -0.2) is 0 Å². The quantitative estimate of drug-likeness (QED) is 0.745. The molecular weight excluding hydrogens is 280 g/mol. The van der Waals surface area contributed by atoms with Crippen LogP contribution < -0.4 is 0 Å². The molecule has 0 heterocycles. The Bertz CT molecular complexity index is 506. The summed E-state index contributed by atoms with van der Waals surface area (Å²) in [6.45, 7) is 3.83. The number of hydrogen-bond acceptors (Lipinski definition) is 1. The zero-order chi connectivity index (χ0) is 11.4. The molecule has 0 N–H and O–H groups in total. The first-order chi connectivity index (χ1) is 7.81. The van der Waals surface area contributed by atoms with Crippen LogP contribution in [0.5, 0.6) is 0 Å². The molecule has 0 aliphatic rings. The van der Waals surface area contributed by atoms with Gasteiger partial charge in [0.05, 0.1) is 0 Å². The minimum Gasteiger partial charge on any atom is -0.0984 e. The van der Waals surface area contributed by atoms with Crippen molar-refractivity contribution in [1.29, 1.82) is 0 Å². The van der Waals surface area contributed by atoms with Gasteiger partial charge in [-0.25, -0.2) is 0 Å². The average Bonchev–Trinajstić information content (AvgIpc) is 2.33. The fourth-order valence-corrected chi connectivity index (χ4v) is 2.88. The molecule has 0 saturated heterocycles. The number of benzene rings is 2. The van der Waals surface area contributed by atoms with Crippen molar-refractivity contribution in [2.24, 2.45) is 0 Å². The van der Waals surface area contributed by atoms with Gasteiger partial charge in [-0.2, -0.15) is 0 Å². The van der Waals surface area contributed by atoms with Gasteiger partial charge in [-0.1, -0.05) is 54.7 Å². The van der Waals surface area contributed by atoms with E-state index < -0.39 is 0 Å². The van der Waals surface area contributed by atoms with Gasteiger partial charge in [0.1, 0.15) is 0 Å². The molecule has 2 aromatic rings. The van der Waals surface area contributed by atoms with Crippen molar-refractivity contribution in [1.82, 2.24) is 0 Å². The monoisotopic (exact) mass is 290 g/mol. The third-order valence-electron chi connectivity index (χ3n) is 2.20. The predicted molar refractivity (Wildman–Crippen MR) is 74.8 cm³/mol. The van der Waals surface area contributed by atoms with E-state index in [1.54, 1.807) is 11.8 Å². The fraction of sp³-hybridized carbons (Fsp3) is 0. The zero-order valence-corrected chi connectivity index (χ0v) is 11.1. The van der Waals surface area contributed by atoms with E-state index in [1.807, 2.05) is 30.3 Å². The van der Waals surface area contributed by atoms with E-state index in [0.29, 0.717) is 0 Å². The first-order valence-electron chi connectivity index (χ1n) is 4.95. The summed E-state index contributed by atoms with van der Waals surface area (Å²) in [6.07, 6.45) is 1.89. The normalized spacial score (nSPS) is 10.1. The second-order valence-corrected chi connectivity index (χ2v) is 5.21. The van der Waals surface area contributed by atoms with Crippen molar-refractivity contribution in [3.05, 3.63) is 65.1 Å². The van der Waals surface area contributed by atoms with E-state index in [1.165, 1.54) is 15.4 Å². The SMILES string of the molecule is C=Cc1ccccc1Sc1ccccc1Br. The molecule has 0 atom stereocenters. The van der Waals surface area contributed by atoms with Gasteiger partial charge in [0.2, 0.25) is 0 Å². The molecule has 0 nitrogen and oxygen atoms in total. The van der Waals surface area contributed by atoms with Crippen LogP contribution >= 0.6 is 27.7 Å². The van der Waals surface area contributed by atoms with E-state index in [4.69, 9.17) is 0 Å². The van der Waals surface area contributed by atoms with Gasteiger partial charge in [-0.3, -0.25) is 0 Å². The minimum absolute atomic E-state index is 1.12. The molecule has 0 amide bonds. The third-order valence-corrected chi connectivity index (χ3v) is 4.32. The molecule has 80 valence electrons. The highest BCUT2D eigenvalue weighted by atomic mass is 79.9. The minimum atomic E-state index is 1.12. The van der Waals surface area contributed by atoms with E-state index in [0.717, 1.165) is 4.47 Å². The Morgan fingerprint density at radius 2 is 1.56 bits per heavy atom. The standard InChI is InChI=1S/C14H11BrS/c1-2-11-7-3-5-9-13(11)16-14-10-6-4-8-12(14)15/h2-10H,1H2. The van der Waals surface area contributed by atoms with Crippen molar-refractivity contribution in [3.63, 3.8) is 0 Å². The highest BCUT2D eigenvalue weighted by Gasteiger charge is 2.03. The van der Waals surface area contributed by atoms with Crippen LogP contribution in [0, 0.1) is 0 Å². The maximum absolute atomic E-state index is 3.83. The zero-order valence-electron chi connectivity index (χ0n) is 8.69. The smallest absolute Gasteiger partial charge is 0.0314 e. The van der Waals surface area contributed by atoms with Crippen molar-refractivity contribution >= 4 is 33.8 Å². The predicted octanol–water partition coefficient (Wildman–Crippen LogP) is 5.24. The summed E-state index contributed by atoms with van der Waals surface area (Å²) in [6, 6.07) is 16.5. The molecule has 2 heteroatoms. The molecule has 16 heavy (non-hydrogen) atoms. The Labute approximate surface area is 109 Å². The van der Waals surface area contributed by atoms with Crippen LogP contribution in [0.4, 0.5) is 0 Å². The van der Waals surface area contributed by atoms with Gasteiger partial charge < -0.3 is 0 Å². The number of rotatable bonds is 3. The highest BCUT2D eigenvalue weighted by Crippen LogP contribution is 2.35. The molecule has 0 saturated carbocycles. The molecule has 0 unspecified atom stereocenters. The molecule has 2 aromatic carbocycles. The van der Waals surface area contributed by atoms with Gasteiger partial charge in [0.25, 0.3) is 0 Å². The van der Waals surface area contributed by atoms with Crippen LogP contribution in [0.1, 0.15) is 5.56 Å². The van der Waals surface area contributed by atoms with Gasteiger partial charge in [-0.05, 0) is 39.7 Å². The summed E-state index contributed by atoms with van der Waals surface area (Å²) in [5.74, 6) is 0. The molecule has 0 fully saturated rings. The summed E-state index contributed by atoms with van der Waals surface area (Å²) in [5, 5.41) is 0. The van der Waals surface area contributed by atoms with Gasteiger partial charge >= 0.3 is 0 Å². The van der Waals surface area contributed by atoms with E-state index in [-0.39, 0.29) is 0 Å². The fourth-order valence-electron chi connectivity index (χ4n) is 1.39. The lowest BCUT2D eigenvalue weighted by atomic mass is 10.2. The van der Waals surface area contributed by atoms with Crippen LogP contribution in [0.3, 0.4) is 0 Å². The van der Waals surface area contributed by atoms with Crippen LogP contribution in [0.25, 0.3) is 6.08 Å². The lowest BCUT2D eigenvalue weighted by Gasteiger charge is -2.06. The number of hydrogen-bond donors (Lipinski definition) is 0. The van der Waals surface area contributed by atoms with Crippen molar-refractivity contribution in [2.45, 2.75) is 9.79 Å². The van der Waals surface area contributed by atoms with E-state index in [2.05, 4.69) is 46.8 Å². The number of halogens is 1. The Kier molecular flexibility index (Phi) is 3.86. The molecule has 0 aliphatic heterocycles. The Hall–Kier alpha value is -0.990. The second kappa shape index (κ2) is 5.37. The topological polar surface area (TPSA) is 0 Å². The maximum Gasteiger partial charge on any atom is 0.0314 e. The summed E-state index contributed by atoms with van der Waals surface area (Å²) in [7, 11) is 0.